The number of halogens is 2. The fraction of sp³-hybridized carbons (Fsp3) is 0.118. The second-order valence-electron chi connectivity index (χ2n) is 5.16. The van der Waals surface area contributed by atoms with Crippen molar-refractivity contribution in [2.75, 3.05) is 11.9 Å². The van der Waals surface area contributed by atoms with Gasteiger partial charge in [0.05, 0.1) is 11.6 Å². The normalized spacial score (nSPS) is 10.5. The van der Waals surface area contributed by atoms with Gasteiger partial charge in [-0.05, 0) is 23.8 Å². The van der Waals surface area contributed by atoms with Crippen molar-refractivity contribution in [3.63, 3.8) is 0 Å². The molecule has 0 bridgehead atoms. The van der Waals surface area contributed by atoms with Gasteiger partial charge in [-0.15, -0.1) is 0 Å². The third-order valence-corrected chi connectivity index (χ3v) is 3.89. The summed E-state index contributed by atoms with van der Waals surface area (Å²) in [6, 6.07) is 12.3. The molecule has 0 aliphatic carbocycles. The van der Waals surface area contributed by atoms with Gasteiger partial charge in [-0.1, -0.05) is 41.4 Å². The quantitative estimate of drug-likeness (QED) is 0.712. The first-order valence-electron chi connectivity index (χ1n) is 7.40. The summed E-state index contributed by atoms with van der Waals surface area (Å²) in [7, 11) is 0. The van der Waals surface area contributed by atoms with Gasteiger partial charge in [-0.3, -0.25) is 4.79 Å². The number of anilines is 1. The van der Waals surface area contributed by atoms with Gasteiger partial charge in [0, 0.05) is 16.8 Å². The second kappa shape index (κ2) is 8.00. The molecule has 1 N–H and O–H groups in total. The highest BCUT2D eigenvalue weighted by Gasteiger charge is 2.10. The van der Waals surface area contributed by atoms with Crippen molar-refractivity contribution >= 4 is 34.8 Å². The molecule has 0 aliphatic heterocycles. The summed E-state index contributed by atoms with van der Waals surface area (Å²) in [6.07, 6.45) is 3.08. The molecule has 25 heavy (non-hydrogen) atoms. The summed E-state index contributed by atoms with van der Waals surface area (Å²) in [5.41, 5.74) is 1.59. The largest absolute Gasteiger partial charge is 0.482 e. The van der Waals surface area contributed by atoms with Gasteiger partial charge >= 0.3 is 0 Å². The Balaban J connectivity index is 1.64. The SMILES string of the molecule is O=C(COc1cc(Cl)ccc1Cl)Nc1ccccc1Cn1cncn1. The van der Waals surface area contributed by atoms with Crippen molar-refractivity contribution < 1.29 is 9.53 Å². The summed E-state index contributed by atoms with van der Waals surface area (Å²) in [5.74, 6) is 0.0577. The lowest BCUT2D eigenvalue weighted by Crippen LogP contribution is -2.21. The van der Waals surface area contributed by atoms with Gasteiger partial charge in [-0.25, -0.2) is 9.67 Å². The molecule has 0 saturated heterocycles. The van der Waals surface area contributed by atoms with Crippen molar-refractivity contribution in [1.82, 2.24) is 14.8 Å². The van der Waals surface area contributed by atoms with Crippen molar-refractivity contribution in [3.8, 4) is 5.75 Å². The van der Waals surface area contributed by atoms with E-state index in [-0.39, 0.29) is 12.5 Å². The number of nitrogens with one attached hydrogen (secondary N) is 1. The molecule has 0 atom stereocenters. The first-order valence-corrected chi connectivity index (χ1v) is 8.15. The summed E-state index contributed by atoms with van der Waals surface area (Å²) in [5, 5.41) is 7.77. The summed E-state index contributed by atoms with van der Waals surface area (Å²) >= 11 is 11.9. The molecule has 0 aliphatic rings. The van der Waals surface area contributed by atoms with E-state index in [4.69, 9.17) is 27.9 Å². The van der Waals surface area contributed by atoms with E-state index in [1.807, 2.05) is 24.3 Å². The van der Waals surface area contributed by atoms with Crippen molar-refractivity contribution in [3.05, 3.63) is 70.7 Å². The smallest absolute Gasteiger partial charge is 0.262 e. The topological polar surface area (TPSA) is 69.0 Å². The number of ether oxygens (including phenoxy) is 1. The molecule has 0 saturated carbocycles. The van der Waals surface area contributed by atoms with Crippen LogP contribution in [0.1, 0.15) is 5.56 Å². The maximum atomic E-state index is 12.2. The summed E-state index contributed by atoms with van der Waals surface area (Å²) < 4.78 is 7.12. The first-order chi connectivity index (χ1) is 12.1. The molecular weight excluding hydrogens is 363 g/mol. The van der Waals surface area contributed by atoms with Crippen LogP contribution in [0.15, 0.2) is 55.1 Å². The number of hydrogen-bond acceptors (Lipinski definition) is 4. The highest BCUT2D eigenvalue weighted by Crippen LogP contribution is 2.27. The second-order valence-corrected chi connectivity index (χ2v) is 6.01. The zero-order chi connectivity index (χ0) is 17.6. The maximum absolute atomic E-state index is 12.2. The molecule has 8 heteroatoms. The molecule has 1 heterocycles. The lowest BCUT2D eigenvalue weighted by molar-refractivity contribution is -0.118. The number of aromatic nitrogens is 3. The van der Waals surface area contributed by atoms with Crippen molar-refractivity contribution in [2.24, 2.45) is 0 Å². The molecule has 0 fully saturated rings. The van der Waals surface area contributed by atoms with Gasteiger partial charge < -0.3 is 10.1 Å². The average Bonchev–Trinajstić information content (AvgIpc) is 3.10. The zero-order valence-corrected chi connectivity index (χ0v) is 14.5. The molecule has 128 valence electrons. The molecule has 0 radical (unpaired) electrons. The first kappa shape index (κ1) is 17.3. The van der Waals surface area contributed by atoms with Gasteiger partial charge in [0.2, 0.25) is 0 Å². The Hall–Kier alpha value is -2.57. The fourth-order valence-corrected chi connectivity index (χ4v) is 2.52. The molecule has 6 nitrogen and oxygen atoms in total. The van der Waals surface area contributed by atoms with Crippen LogP contribution < -0.4 is 10.1 Å². The lowest BCUT2D eigenvalue weighted by atomic mass is 10.2. The van der Waals surface area contributed by atoms with Crippen LogP contribution in [-0.2, 0) is 11.3 Å². The Bertz CT molecular complexity index is 869. The van der Waals surface area contributed by atoms with E-state index in [0.717, 1.165) is 5.56 Å². The van der Waals surface area contributed by atoms with E-state index in [0.29, 0.717) is 28.0 Å². The Kier molecular flexibility index (Phi) is 5.53. The Morgan fingerprint density at radius 3 is 2.84 bits per heavy atom. The van der Waals surface area contributed by atoms with Crippen LogP contribution >= 0.6 is 23.2 Å². The predicted molar refractivity (Wildman–Crippen MR) is 96.2 cm³/mol. The van der Waals surface area contributed by atoms with Crippen LogP contribution in [0.3, 0.4) is 0 Å². The highest BCUT2D eigenvalue weighted by molar-refractivity contribution is 6.34. The number of amides is 1. The molecule has 1 aromatic heterocycles. The predicted octanol–water partition coefficient (Wildman–Crippen LogP) is 3.65. The van der Waals surface area contributed by atoms with Gasteiger partial charge in [-0.2, -0.15) is 5.10 Å². The van der Waals surface area contributed by atoms with Crippen molar-refractivity contribution in [1.29, 1.82) is 0 Å². The van der Waals surface area contributed by atoms with Crippen LogP contribution in [0.5, 0.6) is 5.75 Å². The number of benzene rings is 2. The zero-order valence-electron chi connectivity index (χ0n) is 13.0. The van der Waals surface area contributed by atoms with Crippen LogP contribution in [0.2, 0.25) is 10.0 Å². The number of rotatable bonds is 6. The minimum atomic E-state index is -0.304. The van der Waals surface area contributed by atoms with Crippen molar-refractivity contribution in [2.45, 2.75) is 6.54 Å². The summed E-state index contributed by atoms with van der Waals surface area (Å²) in [4.78, 5) is 16.1. The Morgan fingerprint density at radius 2 is 2.04 bits per heavy atom. The highest BCUT2D eigenvalue weighted by atomic mass is 35.5. The van der Waals surface area contributed by atoms with E-state index in [1.165, 1.54) is 6.33 Å². The lowest BCUT2D eigenvalue weighted by Gasteiger charge is -2.12. The van der Waals surface area contributed by atoms with Crippen LogP contribution in [-0.4, -0.2) is 27.3 Å². The fourth-order valence-electron chi connectivity index (χ4n) is 2.19. The molecule has 0 spiro atoms. The molecular formula is C17H14Cl2N4O2. The van der Waals surface area contributed by atoms with Gasteiger partial charge in [0.15, 0.2) is 6.61 Å². The third-order valence-electron chi connectivity index (χ3n) is 3.34. The number of nitrogens with zero attached hydrogens (tertiary/aromatic N) is 3. The minimum Gasteiger partial charge on any atom is -0.482 e. The third kappa shape index (κ3) is 4.71. The monoisotopic (exact) mass is 376 g/mol. The van der Waals surface area contributed by atoms with E-state index >= 15 is 0 Å². The van der Waals surface area contributed by atoms with E-state index < -0.39 is 0 Å². The Morgan fingerprint density at radius 1 is 1.20 bits per heavy atom. The minimum absolute atomic E-state index is 0.183. The van der Waals surface area contributed by atoms with E-state index in [9.17, 15) is 4.79 Å². The van der Waals surface area contributed by atoms with Crippen LogP contribution in [0.4, 0.5) is 5.69 Å². The average molecular weight is 377 g/mol. The maximum Gasteiger partial charge on any atom is 0.262 e. The standard InChI is InChI=1S/C17H14Cl2N4O2/c18-13-5-6-14(19)16(7-13)25-9-17(24)22-15-4-2-1-3-12(15)8-23-11-20-10-21-23/h1-7,10-11H,8-9H2,(H,22,24). The molecule has 0 unspecified atom stereocenters. The number of carbonyl (C=O) groups is 1. The van der Waals surface area contributed by atoms with Gasteiger partial charge in [0.25, 0.3) is 5.91 Å². The number of hydrogen-bond donors (Lipinski definition) is 1. The van der Waals surface area contributed by atoms with Gasteiger partial charge in [0.1, 0.15) is 18.4 Å². The molecule has 3 aromatic rings. The van der Waals surface area contributed by atoms with Crippen LogP contribution in [0, 0.1) is 0 Å². The van der Waals surface area contributed by atoms with Crippen LogP contribution in [0.25, 0.3) is 0 Å². The summed E-state index contributed by atoms with van der Waals surface area (Å²) in [6.45, 7) is 0.315. The molecule has 2 aromatic carbocycles. The van der Waals surface area contributed by atoms with E-state index in [1.54, 1.807) is 29.2 Å². The molecule has 1 amide bonds. The number of para-hydroxylation sites is 1. The molecule has 3 rings (SSSR count). The van der Waals surface area contributed by atoms with E-state index in [2.05, 4.69) is 15.4 Å². The Labute approximate surface area is 154 Å². The number of carbonyl (C=O) groups excluding carboxylic acids is 1.